The number of carbonyl (C=O) groups is 1. The van der Waals surface area contributed by atoms with E-state index >= 15 is 0 Å². The van der Waals surface area contributed by atoms with Gasteiger partial charge in [0.2, 0.25) is 0 Å². The first-order valence-electron chi connectivity index (χ1n) is 9.73. The zero-order chi connectivity index (χ0) is 19.8. The highest BCUT2D eigenvalue weighted by Gasteiger charge is 2.13. The Labute approximate surface area is 167 Å². The van der Waals surface area contributed by atoms with Crippen LogP contribution in [0.1, 0.15) is 16.8 Å². The van der Waals surface area contributed by atoms with E-state index in [2.05, 4.69) is 22.2 Å². The maximum absolute atomic E-state index is 12.3. The number of carbonyl (C=O) groups excluding carboxylic acids is 1. The van der Waals surface area contributed by atoms with E-state index in [9.17, 15) is 4.79 Å². The molecule has 2 aromatic carbocycles. The lowest BCUT2D eigenvalue weighted by molar-refractivity contribution is 0.102. The first-order chi connectivity index (χ1) is 13.6. The Morgan fingerprint density at radius 3 is 2.25 bits per heavy atom. The minimum atomic E-state index is -0.146. The summed E-state index contributed by atoms with van der Waals surface area (Å²) in [6.45, 7) is 6.30. The second kappa shape index (κ2) is 10.1. The van der Waals surface area contributed by atoms with Crippen LogP contribution >= 0.6 is 0 Å². The van der Waals surface area contributed by atoms with Gasteiger partial charge in [-0.05, 0) is 62.0 Å². The van der Waals surface area contributed by atoms with Gasteiger partial charge < -0.3 is 24.6 Å². The summed E-state index contributed by atoms with van der Waals surface area (Å²) < 4.78 is 10.9. The molecule has 1 fully saturated rings. The van der Waals surface area contributed by atoms with Crippen LogP contribution in [0, 0.1) is 0 Å². The standard InChI is InChI=1S/C22H29N3O3/c1-24-13-15-25(16-14-24)12-3-17-28-21-8-4-18(5-9-21)22(26)23-19-6-10-20(27-2)11-7-19/h4-11H,3,12-17H2,1-2H3,(H,23,26). The summed E-state index contributed by atoms with van der Waals surface area (Å²) in [5, 5.41) is 2.88. The summed E-state index contributed by atoms with van der Waals surface area (Å²) >= 11 is 0. The highest BCUT2D eigenvalue weighted by molar-refractivity contribution is 6.04. The van der Waals surface area contributed by atoms with Gasteiger partial charge in [0.1, 0.15) is 11.5 Å². The molecule has 0 spiro atoms. The third kappa shape index (κ3) is 5.97. The van der Waals surface area contributed by atoms with Crippen LogP contribution in [0.4, 0.5) is 5.69 Å². The van der Waals surface area contributed by atoms with Crippen LogP contribution in [-0.4, -0.2) is 69.2 Å². The van der Waals surface area contributed by atoms with Crippen molar-refractivity contribution in [3.8, 4) is 11.5 Å². The molecule has 3 rings (SSSR count). The topological polar surface area (TPSA) is 54.0 Å². The minimum Gasteiger partial charge on any atom is -0.497 e. The molecule has 0 radical (unpaired) electrons. The number of anilines is 1. The molecule has 0 atom stereocenters. The molecule has 0 aromatic heterocycles. The van der Waals surface area contributed by atoms with Gasteiger partial charge in [-0.25, -0.2) is 0 Å². The van der Waals surface area contributed by atoms with Gasteiger partial charge in [-0.1, -0.05) is 0 Å². The molecule has 0 saturated carbocycles. The fraction of sp³-hybridized carbons (Fsp3) is 0.409. The molecule has 1 aliphatic rings. The van der Waals surface area contributed by atoms with Crippen molar-refractivity contribution in [1.82, 2.24) is 9.80 Å². The van der Waals surface area contributed by atoms with E-state index in [1.54, 1.807) is 19.2 Å². The molecule has 0 unspecified atom stereocenters. The number of hydrogen-bond acceptors (Lipinski definition) is 5. The Morgan fingerprint density at radius 1 is 0.964 bits per heavy atom. The van der Waals surface area contributed by atoms with Gasteiger partial charge in [0.15, 0.2) is 0 Å². The predicted molar refractivity (Wildman–Crippen MR) is 111 cm³/mol. The molecular formula is C22H29N3O3. The van der Waals surface area contributed by atoms with Crippen molar-refractivity contribution in [2.45, 2.75) is 6.42 Å². The first kappa shape index (κ1) is 20.2. The number of amides is 1. The Morgan fingerprint density at radius 2 is 1.61 bits per heavy atom. The number of piperazine rings is 1. The average Bonchev–Trinajstić information content (AvgIpc) is 2.73. The van der Waals surface area contributed by atoms with E-state index in [-0.39, 0.29) is 5.91 Å². The number of nitrogens with one attached hydrogen (secondary N) is 1. The monoisotopic (exact) mass is 383 g/mol. The van der Waals surface area contributed by atoms with E-state index in [4.69, 9.17) is 9.47 Å². The molecule has 1 heterocycles. The second-order valence-electron chi connectivity index (χ2n) is 7.05. The van der Waals surface area contributed by atoms with Crippen LogP contribution in [0.2, 0.25) is 0 Å². The maximum Gasteiger partial charge on any atom is 0.255 e. The number of nitrogens with zero attached hydrogens (tertiary/aromatic N) is 2. The van der Waals surface area contributed by atoms with Gasteiger partial charge in [0.05, 0.1) is 13.7 Å². The Kier molecular flexibility index (Phi) is 7.28. The fourth-order valence-electron chi connectivity index (χ4n) is 3.13. The maximum atomic E-state index is 12.3. The summed E-state index contributed by atoms with van der Waals surface area (Å²) in [5.41, 5.74) is 1.33. The zero-order valence-electron chi connectivity index (χ0n) is 16.7. The first-order valence-corrected chi connectivity index (χ1v) is 9.73. The number of hydrogen-bond donors (Lipinski definition) is 1. The molecule has 2 aromatic rings. The highest BCUT2D eigenvalue weighted by Crippen LogP contribution is 2.17. The minimum absolute atomic E-state index is 0.146. The number of ether oxygens (including phenoxy) is 2. The van der Waals surface area contributed by atoms with Crippen LogP contribution in [0.25, 0.3) is 0 Å². The number of methoxy groups -OCH3 is 1. The number of benzene rings is 2. The van der Waals surface area contributed by atoms with Gasteiger partial charge in [0.25, 0.3) is 5.91 Å². The third-order valence-corrected chi connectivity index (χ3v) is 4.95. The smallest absolute Gasteiger partial charge is 0.255 e. The SMILES string of the molecule is COc1ccc(NC(=O)c2ccc(OCCCN3CCN(C)CC3)cc2)cc1. The third-order valence-electron chi connectivity index (χ3n) is 4.95. The molecule has 1 aliphatic heterocycles. The largest absolute Gasteiger partial charge is 0.497 e. The van der Waals surface area contributed by atoms with E-state index in [1.165, 1.54) is 0 Å². The molecule has 28 heavy (non-hydrogen) atoms. The number of likely N-dealkylation sites (N-methyl/N-ethyl adjacent to an activating group) is 1. The van der Waals surface area contributed by atoms with E-state index in [1.807, 2.05) is 36.4 Å². The molecule has 1 N–H and O–H groups in total. The van der Waals surface area contributed by atoms with Gasteiger partial charge in [-0.3, -0.25) is 4.79 Å². The molecular weight excluding hydrogens is 354 g/mol. The van der Waals surface area contributed by atoms with Crippen LogP contribution in [0.3, 0.4) is 0 Å². The predicted octanol–water partition coefficient (Wildman–Crippen LogP) is 2.96. The van der Waals surface area contributed by atoms with Crippen molar-refractivity contribution >= 4 is 11.6 Å². The van der Waals surface area contributed by atoms with Crippen molar-refractivity contribution < 1.29 is 14.3 Å². The van der Waals surface area contributed by atoms with Crippen LogP contribution in [-0.2, 0) is 0 Å². The molecule has 1 saturated heterocycles. The normalized spacial score (nSPS) is 15.2. The van der Waals surface area contributed by atoms with Gasteiger partial charge >= 0.3 is 0 Å². The van der Waals surface area contributed by atoms with Crippen molar-refractivity contribution in [3.05, 3.63) is 54.1 Å². The van der Waals surface area contributed by atoms with E-state index in [0.29, 0.717) is 12.2 Å². The van der Waals surface area contributed by atoms with Crippen LogP contribution in [0.15, 0.2) is 48.5 Å². The summed E-state index contributed by atoms with van der Waals surface area (Å²) in [5.74, 6) is 1.40. The molecule has 6 nitrogen and oxygen atoms in total. The summed E-state index contributed by atoms with van der Waals surface area (Å²) in [7, 11) is 3.78. The van der Waals surface area contributed by atoms with Gasteiger partial charge in [0, 0.05) is 44.0 Å². The summed E-state index contributed by atoms with van der Waals surface area (Å²) in [6.07, 6.45) is 1.00. The van der Waals surface area contributed by atoms with Crippen molar-refractivity contribution in [3.63, 3.8) is 0 Å². The van der Waals surface area contributed by atoms with Gasteiger partial charge in [-0.15, -0.1) is 0 Å². The molecule has 0 aliphatic carbocycles. The summed E-state index contributed by atoms with van der Waals surface area (Å²) in [4.78, 5) is 17.2. The lowest BCUT2D eigenvalue weighted by Gasteiger charge is -2.32. The molecule has 1 amide bonds. The Balaban J connectivity index is 1.40. The molecule has 150 valence electrons. The number of rotatable bonds is 8. The lowest BCUT2D eigenvalue weighted by Crippen LogP contribution is -2.44. The molecule has 0 bridgehead atoms. The van der Waals surface area contributed by atoms with Crippen LogP contribution in [0.5, 0.6) is 11.5 Å². The second-order valence-corrected chi connectivity index (χ2v) is 7.05. The van der Waals surface area contributed by atoms with Crippen LogP contribution < -0.4 is 14.8 Å². The Hall–Kier alpha value is -2.57. The van der Waals surface area contributed by atoms with Crippen molar-refractivity contribution in [2.24, 2.45) is 0 Å². The van der Waals surface area contributed by atoms with E-state index < -0.39 is 0 Å². The molecule has 6 heteroatoms. The van der Waals surface area contributed by atoms with Crippen molar-refractivity contribution in [1.29, 1.82) is 0 Å². The van der Waals surface area contributed by atoms with Crippen molar-refractivity contribution in [2.75, 3.05) is 58.8 Å². The van der Waals surface area contributed by atoms with Gasteiger partial charge in [-0.2, -0.15) is 0 Å². The summed E-state index contributed by atoms with van der Waals surface area (Å²) in [6, 6.07) is 14.5. The highest BCUT2D eigenvalue weighted by atomic mass is 16.5. The fourth-order valence-corrected chi connectivity index (χ4v) is 3.13. The van der Waals surface area contributed by atoms with E-state index in [0.717, 1.165) is 56.3 Å². The lowest BCUT2D eigenvalue weighted by atomic mass is 10.2. The Bertz CT molecular complexity index is 739. The average molecular weight is 383 g/mol. The quantitative estimate of drug-likeness (QED) is 0.711. The zero-order valence-corrected chi connectivity index (χ0v) is 16.7.